The summed E-state index contributed by atoms with van der Waals surface area (Å²) in [6, 6.07) is 3.95. The molecular formula is C9H9N3S. The quantitative estimate of drug-likeness (QED) is 0.701. The number of H-pyrrole nitrogens is 1. The Morgan fingerprint density at radius 3 is 2.85 bits per heavy atom. The molecule has 0 aliphatic rings. The highest BCUT2D eigenvalue weighted by Crippen LogP contribution is 2.05. The van der Waals surface area contributed by atoms with Crippen LogP contribution in [0.3, 0.4) is 0 Å². The number of hydrogen-bond donors (Lipinski definition) is 1. The van der Waals surface area contributed by atoms with E-state index >= 15 is 0 Å². The summed E-state index contributed by atoms with van der Waals surface area (Å²) in [5.74, 6) is 0.844. The van der Waals surface area contributed by atoms with Gasteiger partial charge in [-0.25, -0.2) is 4.98 Å². The first-order valence-corrected chi connectivity index (χ1v) is 4.37. The standard InChI is InChI=1S/C9H9N3S/c1-7-2-3-8(11-6-7)12-5-4-10-9(12)13/h2-6H,1H3,(H,10,13). The number of aromatic amines is 1. The number of hydrogen-bond acceptors (Lipinski definition) is 2. The maximum absolute atomic E-state index is 5.07. The van der Waals surface area contributed by atoms with E-state index in [2.05, 4.69) is 9.97 Å². The van der Waals surface area contributed by atoms with Gasteiger partial charge in [-0.15, -0.1) is 0 Å². The molecule has 0 bridgehead atoms. The zero-order valence-electron chi connectivity index (χ0n) is 7.19. The second-order valence-electron chi connectivity index (χ2n) is 2.83. The molecule has 0 saturated heterocycles. The summed E-state index contributed by atoms with van der Waals surface area (Å²) in [6.07, 6.45) is 5.48. The maximum atomic E-state index is 5.07. The van der Waals surface area contributed by atoms with Crippen molar-refractivity contribution in [3.8, 4) is 5.82 Å². The first-order chi connectivity index (χ1) is 6.27. The van der Waals surface area contributed by atoms with Crippen LogP contribution < -0.4 is 0 Å². The van der Waals surface area contributed by atoms with Gasteiger partial charge >= 0.3 is 0 Å². The minimum atomic E-state index is 0.663. The van der Waals surface area contributed by atoms with E-state index < -0.39 is 0 Å². The summed E-state index contributed by atoms with van der Waals surface area (Å²) in [4.78, 5) is 7.18. The Bertz CT molecular complexity index is 452. The molecule has 2 rings (SSSR count). The molecule has 13 heavy (non-hydrogen) atoms. The lowest BCUT2D eigenvalue weighted by Crippen LogP contribution is -1.95. The van der Waals surface area contributed by atoms with Gasteiger partial charge in [-0.1, -0.05) is 6.07 Å². The fraction of sp³-hybridized carbons (Fsp3) is 0.111. The predicted octanol–water partition coefficient (Wildman–Crippen LogP) is 2.24. The largest absolute Gasteiger partial charge is 0.337 e. The Balaban J connectivity index is 2.54. The van der Waals surface area contributed by atoms with Gasteiger partial charge in [-0.05, 0) is 30.8 Å². The van der Waals surface area contributed by atoms with Crippen LogP contribution in [0, 0.1) is 11.7 Å². The van der Waals surface area contributed by atoms with E-state index in [-0.39, 0.29) is 0 Å². The zero-order chi connectivity index (χ0) is 9.26. The normalized spacial score (nSPS) is 10.2. The molecule has 2 aromatic rings. The van der Waals surface area contributed by atoms with Crippen molar-refractivity contribution < 1.29 is 0 Å². The third-order valence-electron chi connectivity index (χ3n) is 1.79. The van der Waals surface area contributed by atoms with E-state index in [0.29, 0.717) is 4.77 Å². The lowest BCUT2D eigenvalue weighted by atomic mass is 10.3. The van der Waals surface area contributed by atoms with Crippen molar-refractivity contribution in [1.29, 1.82) is 0 Å². The predicted molar refractivity (Wildman–Crippen MR) is 53.5 cm³/mol. The minimum absolute atomic E-state index is 0.663. The van der Waals surface area contributed by atoms with Gasteiger partial charge in [-0.3, -0.25) is 4.57 Å². The van der Waals surface area contributed by atoms with Crippen molar-refractivity contribution >= 4 is 12.2 Å². The van der Waals surface area contributed by atoms with Crippen LogP contribution in [0.5, 0.6) is 0 Å². The summed E-state index contributed by atoms with van der Waals surface area (Å²) in [7, 11) is 0. The molecule has 0 radical (unpaired) electrons. The van der Waals surface area contributed by atoms with Crippen LogP contribution in [0.4, 0.5) is 0 Å². The molecule has 2 heterocycles. The van der Waals surface area contributed by atoms with E-state index in [1.165, 1.54) is 0 Å². The van der Waals surface area contributed by atoms with E-state index in [9.17, 15) is 0 Å². The number of imidazole rings is 1. The summed E-state index contributed by atoms with van der Waals surface area (Å²) in [5.41, 5.74) is 1.14. The Morgan fingerprint density at radius 1 is 1.46 bits per heavy atom. The second-order valence-corrected chi connectivity index (χ2v) is 3.22. The van der Waals surface area contributed by atoms with Gasteiger partial charge in [0.25, 0.3) is 0 Å². The van der Waals surface area contributed by atoms with Gasteiger partial charge in [-0.2, -0.15) is 0 Å². The summed E-state index contributed by atoms with van der Waals surface area (Å²) in [6.45, 7) is 2.01. The number of pyridine rings is 1. The molecule has 0 unspecified atom stereocenters. The smallest absolute Gasteiger partial charge is 0.182 e. The Morgan fingerprint density at radius 2 is 2.31 bits per heavy atom. The zero-order valence-corrected chi connectivity index (χ0v) is 8.01. The number of aromatic nitrogens is 3. The molecule has 1 N–H and O–H groups in total. The highest BCUT2D eigenvalue weighted by Gasteiger charge is 1.96. The number of nitrogens with one attached hydrogen (secondary N) is 1. The third kappa shape index (κ3) is 1.53. The van der Waals surface area contributed by atoms with Crippen LogP contribution in [0.15, 0.2) is 30.7 Å². The Labute approximate surface area is 81.1 Å². The second kappa shape index (κ2) is 3.14. The number of aryl methyl sites for hydroxylation is 1. The van der Waals surface area contributed by atoms with Gasteiger partial charge < -0.3 is 4.98 Å². The molecule has 0 aromatic carbocycles. The van der Waals surface area contributed by atoms with Gasteiger partial charge in [0.1, 0.15) is 5.82 Å². The molecule has 0 amide bonds. The number of rotatable bonds is 1. The van der Waals surface area contributed by atoms with Crippen LogP contribution in [-0.2, 0) is 0 Å². The minimum Gasteiger partial charge on any atom is -0.337 e. The summed E-state index contributed by atoms with van der Waals surface area (Å²) < 4.78 is 2.49. The molecule has 0 spiro atoms. The molecule has 0 aliphatic heterocycles. The van der Waals surface area contributed by atoms with Gasteiger partial charge in [0.15, 0.2) is 4.77 Å². The van der Waals surface area contributed by atoms with Gasteiger partial charge in [0, 0.05) is 18.6 Å². The molecule has 0 aliphatic carbocycles. The monoisotopic (exact) mass is 191 g/mol. The van der Waals surface area contributed by atoms with Crippen molar-refractivity contribution in [1.82, 2.24) is 14.5 Å². The molecule has 4 heteroatoms. The summed E-state index contributed by atoms with van der Waals surface area (Å²) >= 11 is 5.07. The van der Waals surface area contributed by atoms with Crippen molar-refractivity contribution in [2.75, 3.05) is 0 Å². The van der Waals surface area contributed by atoms with Crippen molar-refractivity contribution in [3.63, 3.8) is 0 Å². The molecule has 0 fully saturated rings. The van der Waals surface area contributed by atoms with Crippen LogP contribution in [0.25, 0.3) is 5.82 Å². The van der Waals surface area contributed by atoms with Crippen LogP contribution in [-0.4, -0.2) is 14.5 Å². The first-order valence-electron chi connectivity index (χ1n) is 3.96. The molecule has 3 nitrogen and oxygen atoms in total. The number of nitrogens with zero attached hydrogens (tertiary/aromatic N) is 2. The molecule has 0 saturated carbocycles. The van der Waals surface area contributed by atoms with Gasteiger partial charge in [0.05, 0.1) is 0 Å². The SMILES string of the molecule is Cc1ccc(-n2cc[nH]c2=S)nc1. The van der Waals surface area contributed by atoms with E-state index in [1.807, 2.05) is 36.0 Å². The fourth-order valence-electron chi connectivity index (χ4n) is 1.10. The van der Waals surface area contributed by atoms with E-state index in [1.54, 1.807) is 6.20 Å². The fourth-order valence-corrected chi connectivity index (χ4v) is 1.33. The van der Waals surface area contributed by atoms with Crippen molar-refractivity contribution in [2.45, 2.75) is 6.92 Å². The molecule has 2 aromatic heterocycles. The van der Waals surface area contributed by atoms with Crippen molar-refractivity contribution in [2.24, 2.45) is 0 Å². The lowest BCUT2D eigenvalue weighted by Gasteiger charge is -2.00. The summed E-state index contributed by atoms with van der Waals surface area (Å²) in [5, 5.41) is 0. The molecule has 66 valence electrons. The van der Waals surface area contributed by atoms with E-state index in [0.717, 1.165) is 11.4 Å². The molecule has 0 atom stereocenters. The topological polar surface area (TPSA) is 33.6 Å². The average Bonchev–Trinajstić information content (AvgIpc) is 2.53. The van der Waals surface area contributed by atoms with Crippen LogP contribution in [0.1, 0.15) is 5.56 Å². The third-order valence-corrected chi connectivity index (χ3v) is 2.11. The average molecular weight is 191 g/mol. The Kier molecular flexibility index (Phi) is 1.98. The van der Waals surface area contributed by atoms with Gasteiger partial charge in [0.2, 0.25) is 0 Å². The van der Waals surface area contributed by atoms with Crippen molar-refractivity contribution in [3.05, 3.63) is 41.1 Å². The maximum Gasteiger partial charge on any atom is 0.182 e. The molecular weight excluding hydrogens is 182 g/mol. The highest BCUT2D eigenvalue weighted by molar-refractivity contribution is 7.71. The van der Waals surface area contributed by atoms with E-state index in [4.69, 9.17) is 12.2 Å². The van der Waals surface area contributed by atoms with Crippen LogP contribution in [0.2, 0.25) is 0 Å². The highest BCUT2D eigenvalue weighted by atomic mass is 32.1. The first kappa shape index (κ1) is 8.19. The lowest BCUT2D eigenvalue weighted by molar-refractivity contribution is 0.970. The Hall–Kier alpha value is -1.42. The van der Waals surface area contributed by atoms with Crippen LogP contribution >= 0.6 is 12.2 Å².